The van der Waals surface area contributed by atoms with Crippen molar-refractivity contribution in [3.8, 4) is 0 Å². The molecule has 3 heteroatoms. The number of hydrogen-bond donors (Lipinski definition) is 0. The average Bonchev–Trinajstić information content (AvgIpc) is 2.17. The monoisotopic (exact) mass is 193 g/mol. The van der Waals surface area contributed by atoms with E-state index in [-0.39, 0.29) is 0 Å². The first-order valence-corrected chi connectivity index (χ1v) is 5.82. The van der Waals surface area contributed by atoms with Crippen LogP contribution in [0.15, 0.2) is 18.3 Å². The summed E-state index contributed by atoms with van der Waals surface area (Å²) in [5.41, 5.74) is 0. The molecule has 0 aromatic carbocycles. The van der Waals surface area contributed by atoms with Crippen LogP contribution in [0.1, 0.15) is 12.8 Å². The number of pyridine rings is 1. The maximum atomic E-state index is 11.4. The molecule has 13 heavy (non-hydrogen) atoms. The van der Waals surface area contributed by atoms with E-state index in [4.69, 9.17) is 0 Å². The molecule has 2 rings (SSSR count). The Balaban J connectivity index is 2.83. The highest BCUT2D eigenvalue weighted by atomic mass is 32.2. The molecular weight excluding hydrogens is 182 g/mol. The quantitative estimate of drug-likeness (QED) is 0.635. The second-order valence-corrected chi connectivity index (χ2v) is 4.46. The van der Waals surface area contributed by atoms with E-state index in [2.05, 4.69) is 11.1 Å². The lowest BCUT2D eigenvalue weighted by atomic mass is 10.1. The predicted octanol–water partition coefficient (Wildman–Crippen LogP) is 0.143. The van der Waals surface area contributed by atoms with E-state index in [1.807, 2.05) is 12.1 Å². The summed E-state index contributed by atoms with van der Waals surface area (Å²) in [6, 6.07) is 3.94. The van der Waals surface area contributed by atoms with Crippen molar-refractivity contribution in [1.82, 2.24) is 4.98 Å². The molecule has 1 aliphatic carbocycles. The Morgan fingerprint density at radius 3 is 3.15 bits per heavy atom. The van der Waals surface area contributed by atoms with Crippen molar-refractivity contribution in [2.45, 2.75) is 12.8 Å². The first-order chi connectivity index (χ1) is 6.29. The van der Waals surface area contributed by atoms with E-state index in [9.17, 15) is 4.21 Å². The normalized spacial score (nSPS) is 17.5. The predicted molar refractivity (Wildman–Crippen MR) is 54.7 cm³/mol. The Morgan fingerprint density at radius 1 is 1.54 bits per heavy atom. The second-order valence-electron chi connectivity index (χ2n) is 3.06. The van der Waals surface area contributed by atoms with E-state index >= 15 is 0 Å². The Hall–Kier alpha value is -0.960. The fraction of sp³-hybridized carbons (Fsp3) is 0.300. The Kier molecular flexibility index (Phi) is 2.27. The van der Waals surface area contributed by atoms with E-state index in [0.29, 0.717) is 0 Å². The number of rotatable bonds is 1. The van der Waals surface area contributed by atoms with Crippen LogP contribution >= 0.6 is 0 Å². The molecule has 1 atom stereocenters. The fourth-order valence-corrected chi connectivity index (χ4v) is 2.42. The SMILES string of the molecule is CS(=O)C1=c2ncccc2=CCC1. The lowest BCUT2D eigenvalue weighted by molar-refractivity contribution is 0.691. The van der Waals surface area contributed by atoms with Crippen molar-refractivity contribution in [2.75, 3.05) is 6.26 Å². The summed E-state index contributed by atoms with van der Waals surface area (Å²) >= 11 is 0. The summed E-state index contributed by atoms with van der Waals surface area (Å²) in [4.78, 5) is 5.24. The Bertz CT molecular complexity index is 464. The topological polar surface area (TPSA) is 30.0 Å². The minimum absolute atomic E-state index is 0.879. The van der Waals surface area contributed by atoms with Crippen LogP contribution in [0.25, 0.3) is 11.0 Å². The van der Waals surface area contributed by atoms with Crippen LogP contribution in [0.5, 0.6) is 0 Å². The molecule has 0 fully saturated rings. The van der Waals surface area contributed by atoms with Gasteiger partial charge in [0.25, 0.3) is 0 Å². The molecule has 1 unspecified atom stereocenters. The first kappa shape index (κ1) is 8.63. The summed E-state index contributed by atoms with van der Waals surface area (Å²) < 4.78 is 11.4. The van der Waals surface area contributed by atoms with Crippen LogP contribution in [0.4, 0.5) is 0 Å². The number of aromatic nitrogens is 1. The summed E-state index contributed by atoms with van der Waals surface area (Å²) in [5, 5.41) is 2.05. The van der Waals surface area contributed by atoms with E-state index in [1.54, 1.807) is 12.5 Å². The van der Waals surface area contributed by atoms with Crippen molar-refractivity contribution >= 4 is 21.8 Å². The van der Waals surface area contributed by atoms with Gasteiger partial charge in [-0.15, -0.1) is 0 Å². The number of fused-ring (bicyclic) bond motifs is 1. The van der Waals surface area contributed by atoms with Gasteiger partial charge in [0.1, 0.15) is 0 Å². The van der Waals surface area contributed by atoms with E-state index < -0.39 is 10.8 Å². The zero-order chi connectivity index (χ0) is 9.26. The molecule has 1 aliphatic rings. The van der Waals surface area contributed by atoms with Crippen LogP contribution in [-0.2, 0) is 10.8 Å². The van der Waals surface area contributed by atoms with Gasteiger partial charge < -0.3 is 0 Å². The van der Waals surface area contributed by atoms with Crippen molar-refractivity contribution in [2.24, 2.45) is 0 Å². The van der Waals surface area contributed by atoms with Gasteiger partial charge in [-0.3, -0.25) is 9.19 Å². The average molecular weight is 193 g/mol. The van der Waals surface area contributed by atoms with Gasteiger partial charge in [0.2, 0.25) is 0 Å². The van der Waals surface area contributed by atoms with Gasteiger partial charge in [-0.2, -0.15) is 0 Å². The van der Waals surface area contributed by atoms with Crippen LogP contribution in [0.3, 0.4) is 0 Å². The maximum Gasteiger partial charge on any atom is 0.0819 e. The van der Waals surface area contributed by atoms with Gasteiger partial charge in [-0.25, -0.2) is 0 Å². The van der Waals surface area contributed by atoms with Crippen LogP contribution in [-0.4, -0.2) is 15.4 Å². The fourth-order valence-electron chi connectivity index (χ4n) is 1.57. The minimum atomic E-state index is -0.879. The molecule has 0 spiro atoms. The van der Waals surface area contributed by atoms with Gasteiger partial charge in [0.05, 0.1) is 5.35 Å². The summed E-state index contributed by atoms with van der Waals surface area (Å²) in [5.74, 6) is 0. The molecule has 0 radical (unpaired) electrons. The molecule has 0 saturated heterocycles. The van der Waals surface area contributed by atoms with Crippen molar-refractivity contribution in [3.63, 3.8) is 0 Å². The summed E-state index contributed by atoms with van der Waals surface area (Å²) in [6.45, 7) is 0. The Labute approximate surface area is 79.5 Å². The molecule has 68 valence electrons. The molecule has 1 heterocycles. The molecule has 0 amide bonds. The zero-order valence-corrected chi connectivity index (χ0v) is 8.30. The highest BCUT2D eigenvalue weighted by Gasteiger charge is 2.07. The molecule has 1 aromatic heterocycles. The second kappa shape index (κ2) is 3.42. The minimum Gasteiger partial charge on any atom is -0.255 e. The zero-order valence-electron chi connectivity index (χ0n) is 7.49. The van der Waals surface area contributed by atoms with Gasteiger partial charge in [-0.05, 0) is 24.1 Å². The van der Waals surface area contributed by atoms with Gasteiger partial charge in [0.15, 0.2) is 0 Å². The molecule has 0 saturated carbocycles. The van der Waals surface area contributed by atoms with Gasteiger partial charge in [-0.1, -0.05) is 12.1 Å². The highest BCUT2D eigenvalue weighted by Crippen LogP contribution is 2.09. The smallest absolute Gasteiger partial charge is 0.0819 e. The third-order valence-corrected chi connectivity index (χ3v) is 3.28. The summed E-state index contributed by atoms with van der Waals surface area (Å²) in [7, 11) is -0.879. The molecule has 0 aliphatic heterocycles. The molecular formula is C10H11NOS. The van der Waals surface area contributed by atoms with E-state index in [1.165, 1.54) is 0 Å². The number of hydrogen-bond acceptors (Lipinski definition) is 2. The van der Waals surface area contributed by atoms with Crippen molar-refractivity contribution < 1.29 is 4.21 Å². The standard InChI is InChI=1S/C10H11NOS/c1-13(12)9-6-2-4-8-5-3-7-11-10(8)9/h3-5,7H,2,6H2,1H3. The first-order valence-electron chi connectivity index (χ1n) is 4.27. The molecule has 0 N–H and O–H groups in total. The summed E-state index contributed by atoms with van der Waals surface area (Å²) in [6.07, 6.45) is 7.49. The van der Waals surface area contributed by atoms with Crippen LogP contribution in [0.2, 0.25) is 0 Å². The third kappa shape index (κ3) is 1.56. The highest BCUT2D eigenvalue weighted by molar-refractivity contribution is 7.93. The van der Waals surface area contributed by atoms with Crippen molar-refractivity contribution in [3.05, 3.63) is 28.9 Å². The molecule has 0 bridgehead atoms. The van der Waals surface area contributed by atoms with Crippen LogP contribution < -0.4 is 10.6 Å². The maximum absolute atomic E-state index is 11.4. The largest absolute Gasteiger partial charge is 0.255 e. The molecule has 2 nitrogen and oxygen atoms in total. The third-order valence-electron chi connectivity index (χ3n) is 2.19. The van der Waals surface area contributed by atoms with Gasteiger partial charge in [0, 0.05) is 28.2 Å². The van der Waals surface area contributed by atoms with Gasteiger partial charge >= 0.3 is 0 Å². The number of nitrogens with zero attached hydrogens (tertiary/aromatic N) is 1. The lowest BCUT2D eigenvalue weighted by Gasteiger charge is -2.06. The van der Waals surface area contributed by atoms with E-state index in [0.717, 1.165) is 28.3 Å². The van der Waals surface area contributed by atoms with Crippen LogP contribution in [0, 0.1) is 0 Å². The molecule has 1 aromatic rings. The van der Waals surface area contributed by atoms with Crippen molar-refractivity contribution in [1.29, 1.82) is 0 Å². The lowest BCUT2D eigenvalue weighted by Crippen LogP contribution is -2.33. The Morgan fingerprint density at radius 2 is 2.38 bits per heavy atom.